The molecule has 3 aromatic carbocycles. The van der Waals surface area contributed by atoms with E-state index in [9.17, 15) is 19.5 Å². The molecule has 5 rings (SSSR count). The lowest BCUT2D eigenvalue weighted by Crippen LogP contribution is -2.58. The molecule has 0 bridgehead atoms. The molecule has 4 N–H and O–H groups in total. The second kappa shape index (κ2) is 13.2. The van der Waals surface area contributed by atoms with Crippen LogP contribution in [-0.2, 0) is 29.0 Å². The van der Waals surface area contributed by atoms with Gasteiger partial charge in [-0.1, -0.05) is 60.7 Å². The Bertz CT molecular complexity index is 1480. The Hall–Kier alpha value is -3.82. The number of fused-ring (bicyclic) bond motifs is 1. The Morgan fingerprint density at radius 2 is 1.79 bits per heavy atom. The van der Waals surface area contributed by atoms with E-state index in [4.69, 9.17) is 0 Å². The van der Waals surface area contributed by atoms with Gasteiger partial charge in [-0.15, -0.1) is 11.8 Å². The molecule has 2 heterocycles. The molecule has 43 heavy (non-hydrogen) atoms. The number of aryl methyl sites for hydroxylation is 1. The van der Waals surface area contributed by atoms with Crippen LogP contribution < -0.4 is 16.0 Å². The highest BCUT2D eigenvalue weighted by Gasteiger charge is 2.49. The fourth-order valence-corrected chi connectivity index (χ4v) is 7.06. The minimum absolute atomic E-state index is 0.251. The van der Waals surface area contributed by atoms with E-state index in [1.807, 2.05) is 87.5 Å². The topological polar surface area (TPSA) is 111 Å². The molecule has 2 aliphatic heterocycles. The van der Waals surface area contributed by atoms with Gasteiger partial charge in [-0.3, -0.25) is 14.4 Å². The number of amides is 3. The van der Waals surface area contributed by atoms with Crippen molar-refractivity contribution in [3.05, 3.63) is 101 Å². The van der Waals surface area contributed by atoms with Crippen LogP contribution in [0.2, 0.25) is 0 Å². The van der Waals surface area contributed by atoms with Crippen LogP contribution in [0.3, 0.4) is 0 Å². The van der Waals surface area contributed by atoms with E-state index in [0.717, 1.165) is 47.3 Å². The van der Waals surface area contributed by atoms with E-state index >= 15 is 0 Å². The fourth-order valence-electron chi connectivity index (χ4n) is 5.92. The molecule has 2 aliphatic rings. The van der Waals surface area contributed by atoms with E-state index in [0.29, 0.717) is 12.1 Å². The number of hydrogen-bond acceptors (Lipinski definition) is 6. The quantitative estimate of drug-likeness (QED) is 0.295. The Morgan fingerprint density at radius 1 is 1.05 bits per heavy atom. The van der Waals surface area contributed by atoms with Gasteiger partial charge < -0.3 is 26.0 Å². The van der Waals surface area contributed by atoms with Gasteiger partial charge in [0.1, 0.15) is 6.04 Å². The van der Waals surface area contributed by atoms with Crippen LogP contribution in [0.25, 0.3) is 0 Å². The van der Waals surface area contributed by atoms with E-state index in [-0.39, 0.29) is 24.1 Å². The third-order valence-corrected chi connectivity index (χ3v) is 9.75. The highest BCUT2D eigenvalue weighted by Crippen LogP contribution is 2.40. The van der Waals surface area contributed by atoms with E-state index in [1.54, 1.807) is 6.07 Å². The first-order chi connectivity index (χ1) is 20.7. The minimum Gasteiger partial charge on any atom is -0.385 e. The Balaban J connectivity index is 1.37. The van der Waals surface area contributed by atoms with Gasteiger partial charge in [0.15, 0.2) is 6.10 Å². The predicted molar refractivity (Wildman–Crippen MR) is 171 cm³/mol. The molecule has 0 aromatic heterocycles. The number of benzene rings is 3. The molecular weight excluding hydrogens is 560 g/mol. The molecule has 3 atom stereocenters. The molecule has 9 heteroatoms. The normalized spacial score (nSPS) is 18.6. The largest absolute Gasteiger partial charge is 0.385 e. The summed E-state index contributed by atoms with van der Waals surface area (Å²) < 4.78 is -0.570. The Labute approximate surface area is 257 Å². The van der Waals surface area contributed by atoms with Crippen molar-refractivity contribution in [1.82, 2.24) is 15.5 Å². The Kier molecular flexibility index (Phi) is 9.42. The highest BCUT2D eigenvalue weighted by molar-refractivity contribution is 8.00. The number of rotatable bonds is 9. The van der Waals surface area contributed by atoms with Crippen molar-refractivity contribution < 1.29 is 19.5 Å². The third kappa shape index (κ3) is 6.89. The first-order valence-corrected chi connectivity index (χ1v) is 15.8. The van der Waals surface area contributed by atoms with Crippen LogP contribution in [0.5, 0.6) is 0 Å². The second-order valence-electron chi connectivity index (χ2n) is 11.8. The van der Waals surface area contributed by atoms with Crippen LogP contribution in [0.4, 0.5) is 5.69 Å². The molecular formula is C34H40N4O4S. The number of anilines is 1. The van der Waals surface area contributed by atoms with Gasteiger partial charge in [-0.2, -0.15) is 0 Å². The maximum atomic E-state index is 14.0. The molecule has 0 aliphatic carbocycles. The van der Waals surface area contributed by atoms with Crippen molar-refractivity contribution >= 4 is 35.2 Å². The number of aliphatic hydroxyl groups excluding tert-OH is 1. The summed E-state index contributed by atoms with van der Waals surface area (Å²) in [5.74, 6) is -0.926. The fraction of sp³-hybridized carbons (Fsp3) is 0.382. The van der Waals surface area contributed by atoms with Crippen LogP contribution in [0.1, 0.15) is 52.9 Å². The summed E-state index contributed by atoms with van der Waals surface area (Å²) in [4.78, 5) is 42.7. The van der Waals surface area contributed by atoms with Crippen LogP contribution in [0, 0.1) is 6.92 Å². The van der Waals surface area contributed by atoms with Crippen molar-refractivity contribution in [3.63, 3.8) is 0 Å². The van der Waals surface area contributed by atoms with E-state index in [2.05, 4.69) is 16.0 Å². The van der Waals surface area contributed by atoms with Crippen molar-refractivity contribution in [2.24, 2.45) is 0 Å². The van der Waals surface area contributed by atoms with E-state index < -0.39 is 28.8 Å². The van der Waals surface area contributed by atoms with Crippen LogP contribution in [-0.4, -0.2) is 63.1 Å². The lowest BCUT2D eigenvalue weighted by atomic mass is 9.95. The van der Waals surface area contributed by atoms with Gasteiger partial charge in [0.05, 0.1) is 11.9 Å². The van der Waals surface area contributed by atoms with Crippen molar-refractivity contribution in [2.75, 3.05) is 17.7 Å². The molecule has 0 radical (unpaired) electrons. The lowest BCUT2D eigenvalue weighted by Gasteiger charge is -2.33. The maximum absolute atomic E-state index is 14.0. The molecule has 226 valence electrons. The number of aliphatic hydroxyl groups is 1. The first kappa shape index (κ1) is 30.6. The van der Waals surface area contributed by atoms with Crippen molar-refractivity contribution in [1.29, 1.82) is 0 Å². The number of thioether (sulfide) groups is 1. The number of carbonyl (C=O) groups excluding carboxylic acids is 3. The number of carbonyl (C=O) groups is 3. The average Bonchev–Trinajstić information content (AvgIpc) is 3.34. The summed E-state index contributed by atoms with van der Waals surface area (Å²) in [6.07, 6.45) is 0.391. The molecule has 8 nitrogen and oxygen atoms in total. The summed E-state index contributed by atoms with van der Waals surface area (Å²) >= 11 is 1.50. The monoisotopic (exact) mass is 600 g/mol. The van der Waals surface area contributed by atoms with E-state index in [1.165, 1.54) is 16.7 Å². The summed E-state index contributed by atoms with van der Waals surface area (Å²) in [5.41, 5.74) is 5.36. The standard InChI is InChI=1S/C34H40N4O4S/c1-22-11-7-8-14-24(22)20-36-32(41)30-34(2,3)43-21-38(30)33(42)29(39)28(19-23-12-5-4-6-13-23)37-31(40)26-15-9-17-27-25(26)16-10-18-35-27/h4-9,11-15,17,28-30,35,39H,10,16,18-21H2,1-3H3,(H,36,41)(H,37,40)/t28-,29-,30+/m0/s1. The minimum atomic E-state index is -1.55. The van der Waals surface area contributed by atoms with Gasteiger partial charge in [-0.05, 0) is 74.4 Å². The molecule has 3 aromatic rings. The highest BCUT2D eigenvalue weighted by atomic mass is 32.2. The number of hydrogen-bond donors (Lipinski definition) is 4. The number of nitrogens with one attached hydrogen (secondary N) is 3. The zero-order valence-electron chi connectivity index (χ0n) is 24.9. The van der Waals surface area contributed by atoms with Crippen molar-refractivity contribution in [3.8, 4) is 0 Å². The van der Waals surface area contributed by atoms with Gasteiger partial charge in [0.25, 0.3) is 11.8 Å². The number of nitrogens with zero attached hydrogens (tertiary/aromatic N) is 1. The molecule has 1 saturated heterocycles. The SMILES string of the molecule is Cc1ccccc1CNC(=O)[C@H]1N(C(=O)[C@@H](O)[C@H](Cc2ccccc2)NC(=O)c2cccc3c2CCCN3)CSC1(C)C. The maximum Gasteiger partial charge on any atom is 0.254 e. The first-order valence-electron chi connectivity index (χ1n) is 14.8. The van der Waals surface area contributed by atoms with Gasteiger partial charge in [-0.25, -0.2) is 0 Å². The second-order valence-corrected chi connectivity index (χ2v) is 13.4. The molecule has 0 saturated carbocycles. The third-order valence-electron chi connectivity index (χ3n) is 8.38. The van der Waals surface area contributed by atoms with Crippen molar-refractivity contribution in [2.45, 2.75) is 69.5 Å². The summed E-state index contributed by atoms with van der Waals surface area (Å²) in [5, 5.41) is 20.9. The Morgan fingerprint density at radius 3 is 2.56 bits per heavy atom. The lowest BCUT2D eigenvalue weighted by molar-refractivity contribution is -0.147. The molecule has 0 spiro atoms. The van der Waals surface area contributed by atoms with Gasteiger partial charge >= 0.3 is 0 Å². The molecule has 0 unspecified atom stereocenters. The average molecular weight is 601 g/mol. The van der Waals surface area contributed by atoms with Crippen LogP contribution >= 0.6 is 11.8 Å². The smallest absolute Gasteiger partial charge is 0.254 e. The predicted octanol–water partition coefficient (Wildman–Crippen LogP) is 4.05. The van der Waals surface area contributed by atoms with Gasteiger partial charge in [0, 0.05) is 29.1 Å². The zero-order chi connectivity index (χ0) is 30.6. The summed E-state index contributed by atoms with van der Waals surface area (Å²) in [7, 11) is 0. The van der Waals surface area contributed by atoms with Crippen LogP contribution in [0.15, 0.2) is 72.8 Å². The molecule has 3 amide bonds. The summed E-state index contributed by atoms with van der Waals surface area (Å²) in [6, 6.07) is 21.2. The summed E-state index contributed by atoms with van der Waals surface area (Å²) in [6.45, 7) is 7.06. The zero-order valence-corrected chi connectivity index (χ0v) is 25.7. The molecule has 1 fully saturated rings. The van der Waals surface area contributed by atoms with Gasteiger partial charge in [0.2, 0.25) is 5.91 Å².